The number of anilines is 1. The lowest BCUT2D eigenvalue weighted by Crippen LogP contribution is -2.15. The second kappa shape index (κ2) is 8.57. The molecule has 2 unspecified atom stereocenters. The first-order chi connectivity index (χ1) is 17.4. The zero-order valence-electron chi connectivity index (χ0n) is 20.1. The van der Waals surface area contributed by atoms with Crippen molar-refractivity contribution < 1.29 is 4.79 Å². The third-order valence-corrected chi connectivity index (χ3v) is 7.14. The second-order valence-corrected chi connectivity index (χ2v) is 9.73. The van der Waals surface area contributed by atoms with Gasteiger partial charge in [-0.05, 0) is 71.7 Å². The molecule has 0 aliphatic heterocycles. The molecule has 5 aromatic rings. The number of carbonyl (C=O) groups excluding carboxylic acids is 1. The minimum Gasteiger partial charge on any atom is -0.310 e. The first kappa shape index (κ1) is 22.4. The van der Waals surface area contributed by atoms with Crippen LogP contribution in [0, 0.1) is 12.8 Å². The van der Waals surface area contributed by atoms with Gasteiger partial charge in [0.25, 0.3) is 0 Å². The Hall–Kier alpha value is -4.04. The summed E-state index contributed by atoms with van der Waals surface area (Å²) in [5.74, 6) is 0.618. The number of benzene rings is 1. The number of amides is 1. The van der Waals surface area contributed by atoms with Gasteiger partial charge in [-0.25, -0.2) is 4.98 Å². The van der Waals surface area contributed by atoms with Crippen molar-refractivity contribution >= 4 is 34.1 Å². The molecule has 0 spiro atoms. The number of nitrogens with one attached hydrogen (secondary N) is 1. The molecule has 1 aromatic carbocycles. The van der Waals surface area contributed by atoms with E-state index in [4.69, 9.17) is 11.6 Å². The predicted molar refractivity (Wildman–Crippen MR) is 140 cm³/mol. The fraction of sp³-hybridized carbons (Fsp3) is 0.222. The summed E-state index contributed by atoms with van der Waals surface area (Å²) in [6.07, 6.45) is 9.89. The number of aromatic nitrogens is 6. The highest BCUT2D eigenvalue weighted by molar-refractivity contribution is 6.36. The monoisotopic (exact) mass is 497 g/mol. The van der Waals surface area contributed by atoms with Gasteiger partial charge in [-0.3, -0.25) is 19.1 Å². The molecule has 2 atom stereocenters. The number of carbonyl (C=O) groups is 1. The van der Waals surface area contributed by atoms with Gasteiger partial charge in [-0.15, -0.1) is 0 Å². The number of nitrogens with zero attached hydrogens (tertiary/aromatic N) is 6. The smallest absolute Gasteiger partial charge is 0.229 e. The van der Waals surface area contributed by atoms with E-state index in [0.717, 1.165) is 50.8 Å². The number of aryl methyl sites for hydroxylation is 3. The number of hydrogen-bond donors (Lipinski definition) is 1. The average molecular weight is 498 g/mol. The van der Waals surface area contributed by atoms with Crippen LogP contribution in [0.25, 0.3) is 33.3 Å². The molecule has 180 valence electrons. The van der Waals surface area contributed by atoms with Crippen molar-refractivity contribution in [2.75, 3.05) is 5.32 Å². The summed E-state index contributed by atoms with van der Waals surface area (Å²) < 4.78 is 3.57. The van der Waals surface area contributed by atoms with Crippen molar-refractivity contribution in [1.82, 2.24) is 29.5 Å². The SMILES string of the molecule is Cc1ccnc(-c2ccnn2C)c1-c1cc(Cl)c2cnc(NC(=O)C3CC3c3cnn(C)c3)cc2c1. The van der Waals surface area contributed by atoms with Crippen LogP contribution in [0.5, 0.6) is 0 Å². The summed E-state index contributed by atoms with van der Waals surface area (Å²) in [6.45, 7) is 2.06. The van der Waals surface area contributed by atoms with Crippen LogP contribution in [0.3, 0.4) is 0 Å². The third-order valence-electron chi connectivity index (χ3n) is 6.83. The highest BCUT2D eigenvalue weighted by Crippen LogP contribution is 2.48. The fourth-order valence-corrected chi connectivity index (χ4v) is 5.13. The van der Waals surface area contributed by atoms with Crippen molar-refractivity contribution in [3.63, 3.8) is 0 Å². The lowest BCUT2D eigenvalue weighted by atomic mass is 9.95. The fourth-order valence-electron chi connectivity index (χ4n) is 4.85. The lowest BCUT2D eigenvalue weighted by Gasteiger charge is -2.14. The van der Waals surface area contributed by atoms with Crippen LogP contribution >= 0.6 is 11.6 Å². The topological polar surface area (TPSA) is 90.5 Å². The van der Waals surface area contributed by atoms with E-state index in [1.54, 1.807) is 23.3 Å². The van der Waals surface area contributed by atoms with Crippen LogP contribution in [-0.4, -0.2) is 35.4 Å². The summed E-state index contributed by atoms with van der Waals surface area (Å²) in [5.41, 5.74) is 5.86. The normalized spacial score (nSPS) is 16.9. The second-order valence-electron chi connectivity index (χ2n) is 9.33. The summed E-state index contributed by atoms with van der Waals surface area (Å²) in [4.78, 5) is 22.0. The van der Waals surface area contributed by atoms with Crippen LogP contribution in [0.2, 0.25) is 5.02 Å². The van der Waals surface area contributed by atoms with Crippen molar-refractivity contribution in [2.24, 2.45) is 20.0 Å². The van der Waals surface area contributed by atoms with Gasteiger partial charge in [-0.2, -0.15) is 10.2 Å². The van der Waals surface area contributed by atoms with Crippen LogP contribution < -0.4 is 5.32 Å². The molecule has 0 bridgehead atoms. The van der Waals surface area contributed by atoms with E-state index in [9.17, 15) is 4.79 Å². The quantitative estimate of drug-likeness (QED) is 0.363. The zero-order chi connectivity index (χ0) is 25.0. The van der Waals surface area contributed by atoms with Crippen molar-refractivity contribution in [3.05, 3.63) is 77.5 Å². The van der Waals surface area contributed by atoms with Crippen LogP contribution in [-0.2, 0) is 18.9 Å². The van der Waals surface area contributed by atoms with E-state index in [1.807, 2.05) is 55.4 Å². The number of rotatable bonds is 5. The van der Waals surface area contributed by atoms with E-state index >= 15 is 0 Å². The largest absolute Gasteiger partial charge is 0.310 e. The number of hydrogen-bond acceptors (Lipinski definition) is 5. The molecular weight excluding hydrogens is 474 g/mol. The standard InChI is InChI=1S/C27H24ClN7O/c1-15-4-6-29-26(23-5-7-31-35(23)3)25(15)17-8-16-10-24(30-13-21(16)22(28)9-17)33-27(36)20-11-19(20)18-12-32-34(2)14-18/h4-10,12-14,19-20H,11H2,1-3H3,(H,30,33,36). The Balaban J connectivity index is 1.33. The first-order valence-corrected chi connectivity index (χ1v) is 12.1. The molecule has 1 fully saturated rings. The maximum absolute atomic E-state index is 12.9. The van der Waals surface area contributed by atoms with E-state index in [1.165, 1.54) is 0 Å². The summed E-state index contributed by atoms with van der Waals surface area (Å²) in [6, 6.07) is 9.82. The van der Waals surface area contributed by atoms with Gasteiger partial charge in [0.1, 0.15) is 5.82 Å². The Labute approximate surface area is 213 Å². The molecular formula is C27H24ClN7O. The summed E-state index contributed by atoms with van der Waals surface area (Å²) >= 11 is 6.71. The van der Waals surface area contributed by atoms with Gasteiger partial charge >= 0.3 is 0 Å². The van der Waals surface area contributed by atoms with Gasteiger partial charge in [0.15, 0.2) is 0 Å². The van der Waals surface area contributed by atoms with Gasteiger partial charge in [0, 0.05) is 55.8 Å². The average Bonchev–Trinajstić information content (AvgIpc) is 3.36. The lowest BCUT2D eigenvalue weighted by molar-refractivity contribution is -0.117. The Morgan fingerprint density at radius 3 is 2.69 bits per heavy atom. The van der Waals surface area contributed by atoms with Crippen LogP contribution in [0.1, 0.15) is 23.5 Å². The third kappa shape index (κ3) is 3.93. The maximum Gasteiger partial charge on any atom is 0.229 e. The maximum atomic E-state index is 12.9. The van der Waals surface area contributed by atoms with E-state index < -0.39 is 0 Å². The molecule has 0 saturated heterocycles. The molecule has 9 heteroatoms. The molecule has 4 heterocycles. The predicted octanol–water partition coefficient (Wildman–Crippen LogP) is 5.13. The number of pyridine rings is 2. The molecule has 1 aliphatic rings. The first-order valence-electron chi connectivity index (χ1n) is 11.7. The molecule has 36 heavy (non-hydrogen) atoms. The van der Waals surface area contributed by atoms with Crippen molar-refractivity contribution in [3.8, 4) is 22.5 Å². The van der Waals surface area contributed by atoms with Crippen molar-refractivity contribution in [1.29, 1.82) is 0 Å². The van der Waals surface area contributed by atoms with E-state index in [-0.39, 0.29) is 17.7 Å². The number of halogens is 1. The summed E-state index contributed by atoms with van der Waals surface area (Å²) in [7, 11) is 3.78. The highest BCUT2D eigenvalue weighted by Gasteiger charge is 2.44. The Kier molecular flexibility index (Phi) is 5.34. The van der Waals surface area contributed by atoms with Crippen LogP contribution in [0.4, 0.5) is 5.82 Å². The van der Waals surface area contributed by atoms with E-state index in [2.05, 4.69) is 38.5 Å². The van der Waals surface area contributed by atoms with Gasteiger partial charge in [-0.1, -0.05) is 11.6 Å². The molecule has 4 aromatic heterocycles. The molecule has 1 amide bonds. The molecule has 1 saturated carbocycles. The minimum absolute atomic E-state index is 0.0282. The van der Waals surface area contributed by atoms with Gasteiger partial charge in [0.2, 0.25) is 5.91 Å². The molecule has 8 nitrogen and oxygen atoms in total. The Morgan fingerprint density at radius 1 is 1.08 bits per heavy atom. The van der Waals surface area contributed by atoms with E-state index in [0.29, 0.717) is 10.8 Å². The molecule has 6 rings (SSSR count). The zero-order valence-corrected chi connectivity index (χ0v) is 20.9. The Bertz CT molecular complexity index is 1640. The Morgan fingerprint density at radius 2 is 1.94 bits per heavy atom. The van der Waals surface area contributed by atoms with Crippen molar-refractivity contribution in [2.45, 2.75) is 19.3 Å². The summed E-state index contributed by atoms with van der Waals surface area (Å²) in [5, 5.41) is 13.8. The highest BCUT2D eigenvalue weighted by atomic mass is 35.5. The number of fused-ring (bicyclic) bond motifs is 1. The molecule has 1 aliphatic carbocycles. The molecule has 1 N–H and O–H groups in total. The van der Waals surface area contributed by atoms with Crippen LogP contribution in [0.15, 0.2) is 61.3 Å². The van der Waals surface area contributed by atoms with Gasteiger partial charge < -0.3 is 5.32 Å². The minimum atomic E-state index is -0.0684. The molecule has 0 radical (unpaired) electrons. The van der Waals surface area contributed by atoms with Gasteiger partial charge in [0.05, 0.1) is 22.6 Å².